The smallest absolute Gasteiger partial charge is 0.410 e. The summed E-state index contributed by atoms with van der Waals surface area (Å²) in [5.74, 6) is 2.98. The lowest BCUT2D eigenvalue weighted by Gasteiger charge is -2.42. The summed E-state index contributed by atoms with van der Waals surface area (Å²) < 4.78 is 55.0. The first-order valence-electron chi connectivity index (χ1n) is 18.3. The van der Waals surface area contributed by atoms with Crippen molar-refractivity contribution in [2.75, 3.05) is 51.6 Å². The quantitative estimate of drug-likeness (QED) is 0.148. The van der Waals surface area contributed by atoms with E-state index in [-0.39, 0.29) is 48.8 Å². The van der Waals surface area contributed by atoms with Crippen LogP contribution in [-0.2, 0) is 9.47 Å². The van der Waals surface area contributed by atoms with Crippen LogP contribution >= 0.6 is 0 Å². The fraction of sp³-hybridized carbons (Fsp3) is 0.500. The summed E-state index contributed by atoms with van der Waals surface area (Å²) in [5.41, 5.74) is 0.00335. The highest BCUT2D eigenvalue weighted by atomic mass is 19.1. The SMILES string of the molecule is C#Cc1cccc2cc(OCOC)cc(-c3ncc4c(N5C[C@H]6CC[C@@H](C5)N6C(=O)OC(C)(C)C)nc(OC[C@@]56CCCN5C[C@H](F)C6)nc4c3F)c12. The van der Waals surface area contributed by atoms with Crippen LogP contribution in [0.4, 0.5) is 19.4 Å². The summed E-state index contributed by atoms with van der Waals surface area (Å²) in [7, 11) is 1.52. The predicted molar refractivity (Wildman–Crippen MR) is 196 cm³/mol. The van der Waals surface area contributed by atoms with Gasteiger partial charge in [0.15, 0.2) is 12.6 Å². The summed E-state index contributed by atoms with van der Waals surface area (Å²) in [6.45, 7) is 7.86. The number of benzene rings is 2. The molecular formula is C40H44F2N6O5. The number of terminal acetylenes is 1. The van der Waals surface area contributed by atoms with Gasteiger partial charge in [-0.25, -0.2) is 13.6 Å². The maximum atomic E-state index is 17.3. The van der Waals surface area contributed by atoms with Gasteiger partial charge in [0.1, 0.15) is 41.2 Å². The van der Waals surface area contributed by atoms with Gasteiger partial charge in [0.05, 0.1) is 23.0 Å². The molecule has 4 fully saturated rings. The molecule has 4 aliphatic rings. The minimum absolute atomic E-state index is 0.000326. The van der Waals surface area contributed by atoms with E-state index in [0.717, 1.165) is 37.6 Å². The van der Waals surface area contributed by atoms with Crippen LogP contribution in [0, 0.1) is 18.2 Å². The summed E-state index contributed by atoms with van der Waals surface area (Å²) in [5, 5.41) is 1.80. The Kier molecular flexibility index (Phi) is 9.02. The van der Waals surface area contributed by atoms with Gasteiger partial charge in [-0.1, -0.05) is 18.1 Å². The zero-order valence-electron chi connectivity index (χ0n) is 30.5. The van der Waals surface area contributed by atoms with E-state index >= 15 is 4.39 Å². The third-order valence-corrected chi connectivity index (χ3v) is 11.0. The molecule has 8 rings (SSSR count). The highest BCUT2D eigenvalue weighted by Crippen LogP contribution is 2.42. The van der Waals surface area contributed by atoms with Gasteiger partial charge in [-0.05, 0) is 76.6 Å². The monoisotopic (exact) mass is 726 g/mol. The number of piperazine rings is 1. The molecule has 278 valence electrons. The maximum absolute atomic E-state index is 17.3. The molecule has 11 nitrogen and oxygen atoms in total. The minimum Gasteiger partial charge on any atom is -0.468 e. The summed E-state index contributed by atoms with van der Waals surface area (Å²) >= 11 is 0. The average molecular weight is 727 g/mol. The Labute approximate surface area is 307 Å². The number of halogens is 2. The fourth-order valence-electron chi connectivity index (χ4n) is 8.77. The average Bonchev–Trinajstić information content (AvgIpc) is 3.75. The molecular weight excluding hydrogens is 682 g/mol. The molecule has 6 heterocycles. The Balaban J connectivity index is 1.23. The van der Waals surface area contributed by atoms with Crippen LogP contribution in [0.1, 0.15) is 58.4 Å². The van der Waals surface area contributed by atoms with Crippen LogP contribution in [-0.4, -0.2) is 107 Å². The van der Waals surface area contributed by atoms with Crippen molar-refractivity contribution in [2.45, 2.75) is 82.3 Å². The van der Waals surface area contributed by atoms with E-state index in [2.05, 4.69) is 20.7 Å². The molecule has 0 radical (unpaired) electrons. The second kappa shape index (κ2) is 13.6. The number of pyridine rings is 1. The molecule has 4 atom stereocenters. The summed E-state index contributed by atoms with van der Waals surface area (Å²) in [6.07, 6.45) is 9.99. The Morgan fingerprint density at radius 1 is 1.11 bits per heavy atom. The van der Waals surface area contributed by atoms with E-state index < -0.39 is 23.1 Å². The largest absolute Gasteiger partial charge is 0.468 e. The van der Waals surface area contributed by atoms with Crippen LogP contribution in [0.15, 0.2) is 36.5 Å². The minimum atomic E-state index is -0.929. The topological polar surface area (TPSA) is 102 Å². The van der Waals surface area contributed by atoms with E-state index in [4.69, 9.17) is 35.3 Å². The lowest BCUT2D eigenvalue weighted by Crippen LogP contribution is -2.57. The molecule has 2 aromatic carbocycles. The third-order valence-electron chi connectivity index (χ3n) is 11.0. The zero-order valence-corrected chi connectivity index (χ0v) is 30.5. The number of carbonyl (C=O) groups excluding carboxylic acids is 1. The van der Waals surface area contributed by atoms with Gasteiger partial charge in [0, 0.05) is 55.9 Å². The van der Waals surface area contributed by atoms with Crippen molar-refractivity contribution >= 4 is 33.6 Å². The molecule has 53 heavy (non-hydrogen) atoms. The van der Waals surface area contributed by atoms with Crippen molar-refractivity contribution in [1.29, 1.82) is 0 Å². The molecule has 1 amide bonds. The summed E-state index contributed by atoms with van der Waals surface area (Å²) in [4.78, 5) is 33.6. The number of hydrogen-bond acceptors (Lipinski definition) is 10. The Morgan fingerprint density at radius 2 is 1.91 bits per heavy atom. The van der Waals surface area contributed by atoms with E-state index in [9.17, 15) is 9.18 Å². The van der Waals surface area contributed by atoms with Gasteiger partial charge < -0.3 is 23.8 Å². The third kappa shape index (κ3) is 6.46. The molecule has 0 spiro atoms. The Bertz CT molecular complexity index is 2110. The van der Waals surface area contributed by atoms with Gasteiger partial charge >= 0.3 is 12.1 Å². The van der Waals surface area contributed by atoms with Crippen molar-refractivity contribution in [1.82, 2.24) is 24.8 Å². The first-order chi connectivity index (χ1) is 25.5. The van der Waals surface area contributed by atoms with Crippen LogP contribution in [0.25, 0.3) is 32.9 Å². The molecule has 13 heteroatoms. The fourth-order valence-corrected chi connectivity index (χ4v) is 8.77. The number of fused-ring (bicyclic) bond motifs is 5. The number of carbonyl (C=O) groups is 1. The van der Waals surface area contributed by atoms with Crippen molar-refractivity contribution in [3.8, 4) is 35.4 Å². The second-order valence-electron chi connectivity index (χ2n) is 15.6. The lowest BCUT2D eigenvalue weighted by molar-refractivity contribution is 0.0122. The second-order valence-corrected chi connectivity index (χ2v) is 15.6. The van der Waals surface area contributed by atoms with Gasteiger partial charge in [-0.3, -0.25) is 14.8 Å². The molecule has 0 aliphatic carbocycles. The molecule has 0 unspecified atom stereocenters. The van der Waals surface area contributed by atoms with Crippen LogP contribution in [0.5, 0.6) is 11.8 Å². The van der Waals surface area contributed by atoms with Crippen LogP contribution in [0.3, 0.4) is 0 Å². The van der Waals surface area contributed by atoms with Gasteiger partial charge in [0.25, 0.3) is 0 Å². The van der Waals surface area contributed by atoms with Crippen molar-refractivity contribution < 1.29 is 32.5 Å². The lowest BCUT2D eigenvalue weighted by atomic mass is 9.95. The van der Waals surface area contributed by atoms with Crippen molar-refractivity contribution in [3.05, 3.63) is 47.9 Å². The number of ether oxygens (including phenoxy) is 4. The van der Waals surface area contributed by atoms with Crippen LogP contribution < -0.4 is 14.4 Å². The number of rotatable bonds is 8. The highest BCUT2D eigenvalue weighted by molar-refractivity contribution is 6.03. The number of hydrogen-bond donors (Lipinski definition) is 0. The normalized spacial score (nSPS) is 24.1. The molecule has 0 saturated carbocycles. The van der Waals surface area contributed by atoms with Gasteiger partial charge in [-0.2, -0.15) is 9.97 Å². The van der Waals surface area contributed by atoms with Gasteiger partial charge in [0.2, 0.25) is 0 Å². The molecule has 0 N–H and O–H groups in total. The highest BCUT2D eigenvalue weighted by Gasteiger charge is 2.50. The van der Waals surface area contributed by atoms with Crippen LogP contribution in [0.2, 0.25) is 0 Å². The van der Waals surface area contributed by atoms with E-state index in [0.29, 0.717) is 59.5 Å². The number of anilines is 1. The predicted octanol–water partition coefficient (Wildman–Crippen LogP) is 6.49. The molecule has 2 aromatic heterocycles. The summed E-state index contributed by atoms with van der Waals surface area (Å²) in [6, 6.07) is 8.81. The van der Waals surface area contributed by atoms with E-state index in [1.807, 2.05) is 43.9 Å². The number of methoxy groups -OCH3 is 1. The van der Waals surface area contributed by atoms with E-state index in [1.165, 1.54) is 7.11 Å². The van der Waals surface area contributed by atoms with E-state index in [1.54, 1.807) is 18.3 Å². The van der Waals surface area contributed by atoms with Crippen molar-refractivity contribution in [2.24, 2.45) is 0 Å². The number of aromatic nitrogens is 3. The number of alkyl halides is 1. The number of nitrogens with zero attached hydrogens (tertiary/aromatic N) is 6. The van der Waals surface area contributed by atoms with Gasteiger partial charge in [-0.15, -0.1) is 6.42 Å². The Hall–Kier alpha value is -4.80. The molecule has 4 saturated heterocycles. The Morgan fingerprint density at radius 3 is 2.64 bits per heavy atom. The molecule has 4 aromatic rings. The van der Waals surface area contributed by atoms with Crippen molar-refractivity contribution in [3.63, 3.8) is 0 Å². The number of amides is 1. The maximum Gasteiger partial charge on any atom is 0.410 e. The molecule has 4 aliphatic heterocycles. The first kappa shape index (κ1) is 35.2. The first-order valence-corrected chi connectivity index (χ1v) is 18.3. The standard InChI is InChI=1S/C40H44F2N6O5/c1-6-24-9-7-10-25-15-29(52-23-50-5)16-30(32(24)25)34-33(42)35-31(18-43-34)36(45-37(44-35)51-22-40-13-8-14-47(40)19-26(41)17-40)46-20-27-11-12-28(21-46)48(27)38(49)53-39(2,3)4/h1,7,9-10,15-16,18,26-28H,8,11-14,17,19-23H2,2-5H3/t26-,27-,28+,40+/m1/s1. The molecule has 2 bridgehead atoms. The zero-order chi connectivity index (χ0) is 37.1.